The van der Waals surface area contributed by atoms with E-state index in [1.165, 1.54) is 0 Å². The lowest BCUT2D eigenvalue weighted by Crippen LogP contribution is -2.30. The maximum atomic E-state index is 11.3. The highest BCUT2D eigenvalue weighted by molar-refractivity contribution is 9.10. The molecule has 0 fully saturated rings. The van der Waals surface area contributed by atoms with E-state index in [1.807, 2.05) is 6.07 Å². The van der Waals surface area contributed by atoms with Crippen molar-refractivity contribution in [2.45, 2.75) is 6.42 Å². The van der Waals surface area contributed by atoms with Crippen LogP contribution in [0.1, 0.15) is 6.42 Å². The highest BCUT2D eigenvalue weighted by Crippen LogP contribution is 2.23. The number of ether oxygens (including phenoxy) is 1. The third kappa shape index (κ3) is 5.35. The molecule has 1 amide bonds. The van der Waals surface area contributed by atoms with E-state index >= 15 is 0 Å². The highest BCUT2D eigenvalue weighted by atomic mass is 79.9. The molecule has 0 radical (unpaired) electrons. The average Bonchev–Trinajstić information content (AvgIpc) is 2.27. The van der Waals surface area contributed by atoms with Gasteiger partial charge in [-0.1, -0.05) is 12.1 Å². The number of rotatable bonds is 6. The monoisotopic (exact) mass is 301 g/mol. The Bertz CT molecular complexity index is 408. The van der Waals surface area contributed by atoms with Crippen molar-refractivity contribution < 1.29 is 19.4 Å². The minimum absolute atomic E-state index is 0.0965. The van der Waals surface area contributed by atoms with Gasteiger partial charge in [0.1, 0.15) is 5.75 Å². The first-order valence-corrected chi connectivity index (χ1v) is 5.74. The third-order valence-electron chi connectivity index (χ3n) is 1.86. The number of carbonyl (C=O) groups is 2. The lowest BCUT2D eigenvalue weighted by atomic mass is 10.3. The zero-order valence-electron chi connectivity index (χ0n) is 8.98. The van der Waals surface area contributed by atoms with Gasteiger partial charge in [0.15, 0.2) is 6.61 Å². The minimum atomic E-state index is -0.947. The Balaban J connectivity index is 2.29. The van der Waals surface area contributed by atoms with Gasteiger partial charge in [-0.3, -0.25) is 9.59 Å². The normalized spacial score (nSPS) is 9.71. The molecule has 0 aliphatic rings. The Labute approximate surface area is 107 Å². The van der Waals surface area contributed by atoms with Crippen LogP contribution in [0.25, 0.3) is 0 Å². The van der Waals surface area contributed by atoms with E-state index in [2.05, 4.69) is 21.2 Å². The van der Waals surface area contributed by atoms with Crippen molar-refractivity contribution in [1.29, 1.82) is 0 Å². The SMILES string of the molecule is O=C(O)CCNC(=O)COc1ccccc1Br. The van der Waals surface area contributed by atoms with Gasteiger partial charge in [-0.15, -0.1) is 0 Å². The zero-order valence-corrected chi connectivity index (χ0v) is 10.6. The van der Waals surface area contributed by atoms with Crippen molar-refractivity contribution in [3.63, 3.8) is 0 Å². The van der Waals surface area contributed by atoms with Crippen LogP contribution in [0.15, 0.2) is 28.7 Å². The molecular weight excluding hydrogens is 290 g/mol. The molecule has 0 saturated heterocycles. The van der Waals surface area contributed by atoms with E-state index in [9.17, 15) is 9.59 Å². The van der Waals surface area contributed by atoms with Gasteiger partial charge < -0.3 is 15.2 Å². The van der Waals surface area contributed by atoms with Gasteiger partial charge >= 0.3 is 5.97 Å². The lowest BCUT2D eigenvalue weighted by Gasteiger charge is -2.07. The molecule has 1 aromatic rings. The Morgan fingerprint density at radius 2 is 2.06 bits per heavy atom. The molecule has 1 rings (SSSR count). The van der Waals surface area contributed by atoms with Crippen LogP contribution >= 0.6 is 15.9 Å². The van der Waals surface area contributed by atoms with Crippen LogP contribution < -0.4 is 10.1 Å². The second-order valence-corrected chi connectivity index (χ2v) is 4.07. The summed E-state index contributed by atoms with van der Waals surface area (Å²) in [6.07, 6.45) is -0.0965. The number of para-hydroxylation sites is 1. The van der Waals surface area contributed by atoms with E-state index in [0.717, 1.165) is 4.47 Å². The summed E-state index contributed by atoms with van der Waals surface area (Å²) in [6, 6.07) is 7.17. The molecule has 0 aliphatic heterocycles. The summed E-state index contributed by atoms with van der Waals surface area (Å²) < 4.78 is 6.01. The molecule has 0 bridgehead atoms. The average molecular weight is 302 g/mol. The van der Waals surface area contributed by atoms with E-state index in [0.29, 0.717) is 5.75 Å². The van der Waals surface area contributed by atoms with Crippen LogP contribution in [0.5, 0.6) is 5.75 Å². The molecule has 0 unspecified atom stereocenters. The summed E-state index contributed by atoms with van der Waals surface area (Å²) in [5.74, 6) is -0.722. The second kappa shape index (κ2) is 6.90. The van der Waals surface area contributed by atoms with Crippen molar-refractivity contribution >= 4 is 27.8 Å². The molecule has 0 aliphatic carbocycles. The largest absolute Gasteiger partial charge is 0.483 e. The lowest BCUT2D eigenvalue weighted by molar-refractivity contribution is -0.137. The topological polar surface area (TPSA) is 75.6 Å². The number of carboxylic acid groups (broad SMARTS) is 1. The zero-order chi connectivity index (χ0) is 12.7. The number of amides is 1. The molecule has 0 heterocycles. The van der Waals surface area contributed by atoms with Crippen molar-refractivity contribution in [1.82, 2.24) is 5.32 Å². The summed E-state index contributed by atoms with van der Waals surface area (Å²) in [7, 11) is 0. The maximum absolute atomic E-state index is 11.3. The van der Waals surface area contributed by atoms with Crippen molar-refractivity contribution in [2.24, 2.45) is 0 Å². The van der Waals surface area contributed by atoms with Crippen LogP contribution in [0.3, 0.4) is 0 Å². The number of hydrogen-bond donors (Lipinski definition) is 2. The van der Waals surface area contributed by atoms with Crippen molar-refractivity contribution in [2.75, 3.05) is 13.2 Å². The molecule has 1 aromatic carbocycles. The molecule has 0 aromatic heterocycles. The fraction of sp³-hybridized carbons (Fsp3) is 0.273. The number of aliphatic carboxylic acids is 1. The van der Waals surface area contributed by atoms with Gasteiger partial charge in [0.2, 0.25) is 0 Å². The number of nitrogens with one attached hydrogen (secondary N) is 1. The van der Waals surface area contributed by atoms with E-state index in [-0.39, 0.29) is 25.5 Å². The van der Waals surface area contributed by atoms with Gasteiger partial charge in [0, 0.05) is 6.54 Å². The maximum Gasteiger partial charge on any atom is 0.305 e. The Kier molecular flexibility index (Phi) is 5.48. The van der Waals surface area contributed by atoms with Crippen LogP contribution in [0.4, 0.5) is 0 Å². The molecule has 6 heteroatoms. The molecule has 92 valence electrons. The van der Waals surface area contributed by atoms with Crippen LogP contribution in [-0.4, -0.2) is 30.1 Å². The molecular formula is C11H12BrNO4. The fourth-order valence-electron chi connectivity index (χ4n) is 1.06. The number of carbonyl (C=O) groups excluding carboxylic acids is 1. The predicted molar refractivity (Wildman–Crippen MR) is 64.9 cm³/mol. The van der Waals surface area contributed by atoms with Gasteiger partial charge in [-0.25, -0.2) is 0 Å². The van der Waals surface area contributed by atoms with Gasteiger partial charge in [-0.05, 0) is 28.1 Å². The van der Waals surface area contributed by atoms with Gasteiger partial charge in [0.25, 0.3) is 5.91 Å². The number of benzene rings is 1. The molecule has 2 N–H and O–H groups in total. The number of hydrogen-bond acceptors (Lipinski definition) is 3. The first-order chi connectivity index (χ1) is 8.09. The third-order valence-corrected chi connectivity index (χ3v) is 2.51. The smallest absolute Gasteiger partial charge is 0.305 e. The van der Waals surface area contributed by atoms with Crippen molar-refractivity contribution in [3.05, 3.63) is 28.7 Å². The summed E-state index contributed by atoms with van der Waals surface area (Å²) in [5, 5.41) is 10.8. The second-order valence-electron chi connectivity index (χ2n) is 3.21. The Morgan fingerprint density at radius 3 is 2.71 bits per heavy atom. The summed E-state index contributed by atoms with van der Waals surface area (Å²) in [5.41, 5.74) is 0. The Morgan fingerprint density at radius 1 is 1.35 bits per heavy atom. The minimum Gasteiger partial charge on any atom is -0.483 e. The quantitative estimate of drug-likeness (QED) is 0.833. The van der Waals surface area contributed by atoms with Crippen LogP contribution in [-0.2, 0) is 9.59 Å². The molecule has 0 saturated carbocycles. The van der Waals surface area contributed by atoms with Crippen molar-refractivity contribution in [3.8, 4) is 5.75 Å². The standard InChI is InChI=1S/C11H12BrNO4/c12-8-3-1-2-4-9(8)17-7-10(14)13-6-5-11(15)16/h1-4H,5-7H2,(H,13,14)(H,15,16). The van der Waals surface area contributed by atoms with E-state index in [4.69, 9.17) is 9.84 Å². The van der Waals surface area contributed by atoms with E-state index < -0.39 is 5.97 Å². The fourth-order valence-corrected chi connectivity index (χ4v) is 1.46. The molecule has 0 atom stereocenters. The summed E-state index contributed by atoms with van der Waals surface area (Å²) >= 11 is 3.28. The van der Waals surface area contributed by atoms with Crippen LogP contribution in [0, 0.1) is 0 Å². The highest BCUT2D eigenvalue weighted by Gasteiger charge is 2.05. The number of carboxylic acids is 1. The predicted octanol–water partition coefficient (Wildman–Crippen LogP) is 1.42. The van der Waals surface area contributed by atoms with Gasteiger partial charge in [-0.2, -0.15) is 0 Å². The molecule has 0 spiro atoms. The first-order valence-electron chi connectivity index (χ1n) is 4.95. The summed E-state index contributed by atoms with van der Waals surface area (Å²) in [6.45, 7) is -0.0320. The molecule has 5 nitrogen and oxygen atoms in total. The summed E-state index contributed by atoms with van der Waals surface area (Å²) in [4.78, 5) is 21.5. The first kappa shape index (κ1) is 13.5. The van der Waals surface area contributed by atoms with E-state index in [1.54, 1.807) is 18.2 Å². The Hall–Kier alpha value is -1.56. The van der Waals surface area contributed by atoms with Crippen LogP contribution in [0.2, 0.25) is 0 Å². The van der Waals surface area contributed by atoms with Gasteiger partial charge in [0.05, 0.1) is 10.9 Å². The number of halogens is 1. The molecule has 17 heavy (non-hydrogen) atoms.